The summed E-state index contributed by atoms with van der Waals surface area (Å²) in [7, 11) is 0. The molecule has 0 amide bonds. The number of nitrogens with one attached hydrogen (secondary N) is 1. The van der Waals surface area contributed by atoms with Crippen LogP contribution in [0, 0.1) is 23.2 Å². The molecule has 3 aromatic heterocycles. The first-order valence-corrected chi connectivity index (χ1v) is 16.6. The van der Waals surface area contributed by atoms with Crippen molar-refractivity contribution in [1.82, 2.24) is 24.9 Å². The van der Waals surface area contributed by atoms with Gasteiger partial charge in [0, 0.05) is 68.5 Å². The second-order valence-corrected chi connectivity index (χ2v) is 13.9. The fraction of sp³-hybridized carbons (Fsp3) is 0.548. The van der Waals surface area contributed by atoms with Gasteiger partial charge in [-0.3, -0.25) is 4.79 Å². The molecule has 2 saturated heterocycles. The highest BCUT2D eigenvalue weighted by atomic mass is 35.5. The Morgan fingerprint density at radius 3 is 2.47 bits per heavy atom. The highest BCUT2D eigenvalue weighted by molar-refractivity contribution is 7.99. The molecule has 14 heteroatoms. The lowest BCUT2D eigenvalue weighted by Crippen LogP contribution is -2.48. The first-order valence-electron chi connectivity index (χ1n) is 15.4. The fourth-order valence-electron chi connectivity index (χ4n) is 6.79. The monoisotopic (exact) mass is 673 g/mol. The first-order chi connectivity index (χ1) is 21.3. The average Bonchev–Trinajstić information content (AvgIpc) is 3.26. The van der Waals surface area contributed by atoms with Gasteiger partial charge in [-0.05, 0) is 55.1 Å². The Morgan fingerprint density at radius 2 is 1.82 bits per heavy atom. The van der Waals surface area contributed by atoms with Gasteiger partial charge in [0.1, 0.15) is 22.4 Å². The van der Waals surface area contributed by atoms with Crippen LogP contribution in [0.3, 0.4) is 0 Å². The van der Waals surface area contributed by atoms with Gasteiger partial charge in [-0.15, -0.1) is 12.4 Å². The summed E-state index contributed by atoms with van der Waals surface area (Å²) in [4.78, 5) is 40.5. The standard InChI is InChI=1S/C31H40ClN9O2S.ClH/c1-19(18-42)21-5-11-41(12-6-21)30-35-10-4-24(39-30)38-29-27(32)23(3-9-34-29)44-26-17-36-25(16-37-26)40-13-7-31(8-14-40)15-22(43)20(2)28(31)33;/h3-4,9-10,16-17,19-21,28,42H,5-8,11-15,18,33H2,1-2H3,(H,34,35,38,39);1H/t19?,20-,28+;/m1./s1. The summed E-state index contributed by atoms with van der Waals surface area (Å²) in [6.45, 7) is 7.63. The minimum absolute atomic E-state index is 0. The van der Waals surface area contributed by atoms with Gasteiger partial charge in [0.25, 0.3) is 0 Å². The number of aliphatic hydroxyl groups excluding tert-OH is 1. The van der Waals surface area contributed by atoms with Gasteiger partial charge in [-0.1, -0.05) is 37.2 Å². The van der Waals surface area contributed by atoms with E-state index in [9.17, 15) is 9.90 Å². The normalized spacial score (nSPS) is 22.4. The van der Waals surface area contributed by atoms with E-state index in [1.54, 1.807) is 30.9 Å². The molecule has 242 valence electrons. The predicted molar refractivity (Wildman–Crippen MR) is 180 cm³/mol. The molecule has 1 saturated carbocycles. The van der Waals surface area contributed by atoms with E-state index >= 15 is 0 Å². The minimum atomic E-state index is -0.0793. The maximum atomic E-state index is 12.3. The van der Waals surface area contributed by atoms with Gasteiger partial charge < -0.3 is 26.0 Å². The molecule has 0 aromatic carbocycles. The maximum absolute atomic E-state index is 12.3. The van der Waals surface area contributed by atoms with Crippen molar-refractivity contribution in [1.29, 1.82) is 0 Å². The molecule has 1 aliphatic carbocycles. The zero-order valence-corrected chi connectivity index (χ0v) is 28.0. The van der Waals surface area contributed by atoms with Crippen molar-refractivity contribution < 1.29 is 9.90 Å². The summed E-state index contributed by atoms with van der Waals surface area (Å²) in [5, 5.41) is 13.9. The Kier molecular flexibility index (Phi) is 10.7. The highest BCUT2D eigenvalue weighted by Gasteiger charge is 2.50. The number of pyridine rings is 1. The van der Waals surface area contributed by atoms with Crippen LogP contribution in [0.5, 0.6) is 0 Å². The Balaban J connectivity index is 0.00000400. The molecule has 0 radical (unpaired) electrons. The molecule has 3 aliphatic rings. The molecule has 1 unspecified atom stereocenters. The Labute approximate surface area is 279 Å². The third-order valence-corrected chi connectivity index (χ3v) is 11.3. The zero-order valence-electron chi connectivity index (χ0n) is 25.6. The Bertz CT molecular complexity index is 1470. The second-order valence-electron chi connectivity index (χ2n) is 12.4. The average molecular weight is 675 g/mol. The van der Waals surface area contributed by atoms with Crippen LogP contribution in [0.25, 0.3) is 0 Å². The SMILES string of the molecule is CC(CO)C1CCN(c2nccc(Nc3nccc(Sc4cnc(N5CCC6(CC5)CC(=O)[C@@H](C)[C@@H]6N)cn4)c3Cl)n2)CC1.Cl. The number of aromatic nitrogens is 5. The molecular formula is C31H41Cl2N9O2S. The van der Waals surface area contributed by atoms with E-state index in [1.165, 1.54) is 11.8 Å². The lowest BCUT2D eigenvalue weighted by molar-refractivity contribution is -0.120. The third kappa shape index (κ3) is 7.15. The van der Waals surface area contributed by atoms with Crippen LogP contribution < -0.4 is 20.9 Å². The van der Waals surface area contributed by atoms with Crippen molar-refractivity contribution in [2.45, 2.75) is 61.9 Å². The summed E-state index contributed by atoms with van der Waals surface area (Å²) < 4.78 is 0. The van der Waals surface area contributed by atoms with Crippen LogP contribution in [0.15, 0.2) is 46.8 Å². The molecule has 11 nitrogen and oxygen atoms in total. The number of piperidine rings is 2. The molecule has 6 rings (SSSR count). The van der Waals surface area contributed by atoms with Gasteiger partial charge in [0.05, 0.1) is 17.4 Å². The summed E-state index contributed by atoms with van der Waals surface area (Å²) >= 11 is 8.21. The lowest BCUT2D eigenvalue weighted by atomic mass is 9.73. The number of nitrogens with two attached hydrogens (primary N) is 1. The van der Waals surface area contributed by atoms with Crippen molar-refractivity contribution in [3.63, 3.8) is 0 Å². The van der Waals surface area contributed by atoms with Gasteiger partial charge in [0.2, 0.25) is 5.95 Å². The van der Waals surface area contributed by atoms with Crippen molar-refractivity contribution in [3.05, 3.63) is 41.9 Å². The van der Waals surface area contributed by atoms with Gasteiger partial charge in [-0.25, -0.2) is 19.9 Å². The number of aliphatic hydroxyl groups is 1. The number of nitrogens with zero attached hydrogens (tertiary/aromatic N) is 7. The number of carbonyl (C=O) groups excluding carboxylic acids is 1. The quantitative estimate of drug-likeness (QED) is 0.296. The maximum Gasteiger partial charge on any atom is 0.227 e. The molecule has 4 N–H and O–H groups in total. The van der Waals surface area contributed by atoms with Crippen molar-refractivity contribution in [2.24, 2.45) is 28.9 Å². The fourth-order valence-corrected chi connectivity index (χ4v) is 7.81. The van der Waals surface area contributed by atoms with E-state index in [0.29, 0.717) is 46.6 Å². The Morgan fingerprint density at radius 1 is 1.09 bits per heavy atom. The van der Waals surface area contributed by atoms with E-state index in [2.05, 4.69) is 37.0 Å². The molecule has 0 bridgehead atoms. The molecule has 3 atom stereocenters. The van der Waals surface area contributed by atoms with Gasteiger partial charge >= 0.3 is 0 Å². The van der Waals surface area contributed by atoms with E-state index in [1.807, 2.05) is 13.0 Å². The number of halogens is 2. The van der Waals surface area contributed by atoms with Crippen molar-refractivity contribution in [3.8, 4) is 0 Å². The highest BCUT2D eigenvalue weighted by Crippen LogP contribution is 2.46. The summed E-state index contributed by atoms with van der Waals surface area (Å²) in [5.41, 5.74) is 6.39. The number of hydrogen-bond donors (Lipinski definition) is 3. The Hall–Kier alpha value is -2.77. The molecule has 45 heavy (non-hydrogen) atoms. The molecule has 5 heterocycles. The van der Waals surface area contributed by atoms with Crippen molar-refractivity contribution in [2.75, 3.05) is 47.9 Å². The minimum Gasteiger partial charge on any atom is -0.396 e. The summed E-state index contributed by atoms with van der Waals surface area (Å²) in [5.74, 6) is 3.68. The number of anilines is 4. The van der Waals surface area contributed by atoms with Crippen LogP contribution in [0.2, 0.25) is 5.02 Å². The number of ketones is 1. The third-order valence-electron chi connectivity index (χ3n) is 9.85. The predicted octanol–water partition coefficient (Wildman–Crippen LogP) is 5.00. The van der Waals surface area contributed by atoms with Crippen LogP contribution >= 0.6 is 35.8 Å². The summed E-state index contributed by atoms with van der Waals surface area (Å²) in [6.07, 6.45) is 11.4. The smallest absolute Gasteiger partial charge is 0.227 e. The lowest BCUT2D eigenvalue weighted by Gasteiger charge is -2.42. The molecular weight excluding hydrogens is 633 g/mol. The van der Waals surface area contributed by atoms with Crippen molar-refractivity contribution >= 4 is 65.0 Å². The molecule has 2 aliphatic heterocycles. The largest absolute Gasteiger partial charge is 0.396 e. The van der Waals surface area contributed by atoms with Gasteiger partial charge in [-0.2, -0.15) is 4.98 Å². The first kappa shape index (κ1) is 33.6. The van der Waals surface area contributed by atoms with Gasteiger partial charge in [0.15, 0.2) is 5.82 Å². The van der Waals surface area contributed by atoms with Crippen LogP contribution in [0.1, 0.15) is 46.0 Å². The molecule has 1 spiro atoms. The van der Waals surface area contributed by atoms with Crippen LogP contribution in [-0.4, -0.2) is 74.6 Å². The number of Topliss-reactive ketones (excluding diaryl/α,β-unsaturated/α-hetero) is 1. The number of rotatable bonds is 8. The van der Waals surface area contributed by atoms with E-state index in [-0.39, 0.29) is 36.4 Å². The van der Waals surface area contributed by atoms with E-state index in [4.69, 9.17) is 27.3 Å². The molecule has 3 fully saturated rings. The van der Waals surface area contributed by atoms with Crippen LogP contribution in [0.4, 0.5) is 23.4 Å². The summed E-state index contributed by atoms with van der Waals surface area (Å²) in [6, 6.07) is 3.59. The topological polar surface area (TPSA) is 146 Å². The molecule has 3 aromatic rings. The van der Waals surface area contributed by atoms with E-state index < -0.39 is 0 Å². The van der Waals surface area contributed by atoms with Crippen LogP contribution in [-0.2, 0) is 4.79 Å². The number of carbonyl (C=O) groups is 1. The second kappa shape index (κ2) is 14.3. The van der Waals surface area contributed by atoms with E-state index in [0.717, 1.165) is 67.6 Å². The zero-order chi connectivity index (χ0) is 30.8. The number of hydrogen-bond acceptors (Lipinski definition) is 12.